The van der Waals surface area contributed by atoms with E-state index < -0.39 is 0 Å². The predicted octanol–water partition coefficient (Wildman–Crippen LogP) is 0.844. The molecule has 0 spiro atoms. The van der Waals surface area contributed by atoms with Gasteiger partial charge in [-0.3, -0.25) is 5.32 Å². The fourth-order valence-corrected chi connectivity index (χ4v) is 2.63. The van der Waals surface area contributed by atoms with Crippen molar-refractivity contribution >= 4 is 0 Å². The second-order valence-electron chi connectivity index (χ2n) is 4.44. The van der Waals surface area contributed by atoms with Gasteiger partial charge in [0.1, 0.15) is 0 Å². The maximum absolute atomic E-state index is 5.66. The first-order valence-corrected chi connectivity index (χ1v) is 5.53. The van der Waals surface area contributed by atoms with Crippen LogP contribution in [0.15, 0.2) is 18.3 Å². The average Bonchev–Trinajstić information content (AvgIpc) is 2.30. The van der Waals surface area contributed by atoms with E-state index in [1.807, 2.05) is 12.1 Å². The first kappa shape index (κ1) is 9.24. The van der Waals surface area contributed by atoms with Crippen molar-refractivity contribution in [3.05, 3.63) is 24.0 Å². The Labute approximate surface area is 89.0 Å². The summed E-state index contributed by atoms with van der Waals surface area (Å²) in [5.74, 6) is 0. The van der Waals surface area contributed by atoms with Gasteiger partial charge in [-0.1, -0.05) is 0 Å². The summed E-state index contributed by atoms with van der Waals surface area (Å²) in [7, 11) is 0. The Morgan fingerprint density at radius 2 is 2.53 bits per heavy atom. The van der Waals surface area contributed by atoms with Gasteiger partial charge in [-0.2, -0.15) is 10.2 Å². The Hall–Kier alpha value is -1.00. The van der Waals surface area contributed by atoms with E-state index in [0.717, 1.165) is 25.3 Å². The van der Waals surface area contributed by atoms with Gasteiger partial charge in [-0.25, -0.2) is 0 Å². The molecule has 3 rings (SSSR count). The van der Waals surface area contributed by atoms with Gasteiger partial charge in [-0.15, -0.1) is 0 Å². The molecule has 0 amide bonds. The summed E-state index contributed by atoms with van der Waals surface area (Å²) in [5, 5.41) is 11.8. The monoisotopic (exact) mass is 205 g/mol. The van der Waals surface area contributed by atoms with E-state index in [9.17, 15) is 0 Å². The van der Waals surface area contributed by atoms with Crippen molar-refractivity contribution in [1.29, 1.82) is 0 Å². The second kappa shape index (κ2) is 3.54. The van der Waals surface area contributed by atoms with Crippen molar-refractivity contribution in [2.45, 2.75) is 30.8 Å². The molecule has 80 valence electrons. The summed E-state index contributed by atoms with van der Waals surface area (Å²) in [6.45, 7) is 1.56. The van der Waals surface area contributed by atoms with Crippen LogP contribution in [0.2, 0.25) is 0 Å². The summed E-state index contributed by atoms with van der Waals surface area (Å²) >= 11 is 0. The topological polar surface area (TPSA) is 47.0 Å². The molecule has 2 fully saturated rings. The summed E-state index contributed by atoms with van der Waals surface area (Å²) in [6, 6.07) is 4.48. The highest BCUT2D eigenvalue weighted by molar-refractivity contribution is 5.17. The maximum Gasteiger partial charge on any atom is 0.0866 e. The van der Waals surface area contributed by atoms with Gasteiger partial charge < -0.3 is 4.74 Å². The average molecular weight is 205 g/mol. The van der Waals surface area contributed by atoms with Gasteiger partial charge in [0.2, 0.25) is 0 Å². The largest absolute Gasteiger partial charge is 0.377 e. The molecular weight excluding hydrogens is 190 g/mol. The summed E-state index contributed by atoms with van der Waals surface area (Å²) in [4.78, 5) is 0. The van der Waals surface area contributed by atoms with Crippen LogP contribution >= 0.6 is 0 Å². The normalized spacial score (nSPS) is 35.1. The molecule has 2 saturated heterocycles. The zero-order valence-corrected chi connectivity index (χ0v) is 8.65. The highest BCUT2D eigenvalue weighted by atomic mass is 16.5. The Morgan fingerprint density at radius 3 is 3.40 bits per heavy atom. The van der Waals surface area contributed by atoms with E-state index in [-0.39, 0.29) is 5.54 Å². The van der Waals surface area contributed by atoms with E-state index in [4.69, 9.17) is 4.74 Å². The van der Waals surface area contributed by atoms with Crippen LogP contribution in [0.25, 0.3) is 0 Å². The van der Waals surface area contributed by atoms with Crippen molar-refractivity contribution < 1.29 is 4.74 Å². The SMILES string of the molecule is c1cnnc([C@]23CCC[C@@H](COC2)N3)c1. The minimum atomic E-state index is -0.0740. The Bertz CT molecular complexity index is 331. The lowest BCUT2D eigenvalue weighted by Crippen LogP contribution is -2.59. The van der Waals surface area contributed by atoms with Gasteiger partial charge in [0, 0.05) is 12.2 Å². The molecular formula is C11H15N3O. The smallest absolute Gasteiger partial charge is 0.0866 e. The zero-order valence-electron chi connectivity index (χ0n) is 8.65. The Balaban J connectivity index is 1.95. The third-order valence-corrected chi connectivity index (χ3v) is 3.37. The summed E-state index contributed by atoms with van der Waals surface area (Å²) in [6.07, 6.45) is 5.27. The van der Waals surface area contributed by atoms with Gasteiger partial charge >= 0.3 is 0 Å². The lowest BCUT2D eigenvalue weighted by Gasteiger charge is -2.45. The Morgan fingerprint density at radius 1 is 1.53 bits per heavy atom. The van der Waals surface area contributed by atoms with Crippen LogP contribution in [-0.4, -0.2) is 29.5 Å². The molecule has 0 saturated carbocycles. The van der Waals surface area contributed by atoms with Crippen molar-refractivity contribution in [1.82, 2.24) is 15.5 Å². The molecule has 4 heteroatoms. The molecule has 4 nitrogen and oxygen atoms in total. The number of nitrogens with one attached hydrogen (secondary N) is 1. The molecule has 15 heavy (non-hydrogen) atoms. The number of rotatable bonds is 1. The van der Waals surface area contributed by atoms with Crippen LogP contribution in [0.1, 0.15) is 25.0 Å². The van der Waals surface area contributed by atoms with Crippen LogP contribution in [-0.2, 0) is 10.3 Å². The van der Waals surface area contributed by atoms with Crippen LogP contribution in [0.5, 0.6) is 0 Å². The zero-order chi connectivity index (χ0) is 10.1. The standard InChI is InChI=1S/C11H15N3O/c1-3-9-7-15-8-11(5-1,13-9)10-4-2-6-12-14-10/h2,4,6,9,13H,1,3,5,7-8H2/t9-,11-/m0/s1. The van der Waals surface area contributed by atoms with E-state index >= 15 is 0 Å². The molecule has 0 aromatic carbocycles. The molecule has 3 heterocycles. The van der Waals surface area contributed by atoms with Gasteiger partial charge in [0.05, 0.1) is 24.4 Å². The van der Waals surface area contributed by atoms with E-state index in [0.29, 0.717) is 6.04 Å². The molecule has 2 aliphatic heterocycles. The molecule has 1 N–H and O–H groups in total. The van der Waals surface area contributed by atoms with Gasteiger partial charge in [0.25, 0.3) is 0 Å². The number of ether oxygens (including phenoxy) is 1. The third kappa shape index (κ3) is 1.54. The fourth-order valence-electron chi connectivity index (χ4n) is 2.63. The van der Waals surface area contributed by atoms with Crippen molar-refractivity contribution in [2.75, 3.05) is 13.2 Å². The van der Waals surface area contributed by atoms with Crippen LogP contribution in [0.4, 0.5) is 0 Å². The molecule has 0 aliphatic carbocycles. The van der Waals surface area contributed by atoms with Crippen LogP contribution in [0.3, 0.4) is 0 Å². The number of hydrogen-bond acceptors (Lipinski definition) is 4. The molecule has 0 unspecified atom stereocenters. The van der Waals surface area contributed by atoms with E-state index in [2.05, 4.69) is 15.5 Å². The highest BCUT2D eigenvalue weighted by Gasteiger charge is 2.42. The minimum Gasteiger partial charge on any atom is -0.377 e. The van der Waals surface area contributed by atoms with Gasteiger partial charge in [0.15, 0.2) is 0 Å². The number of fused-ring (bicyclic) bond motifs is 2. The van der Waals surface area contributed by atoms with Gasteiger partial charge in [-0.05, 0) is 31.4 Å². The van der Waals surface area contributed by atoms with Crippen molar-refractivity contribution in [3.63, 3.8) is 0 Å². The third-order valence-electron chi connectivity index (χ3n) is 3.37. The van der Waals surface area contributed by atoms with Crippen molar-refractivity contribution in [3.8, 4) is 0 Å². The number of piperidine rings is 1. The summed E-state index contributed by atoms with van der Waals surface area (Å²) in [5.41, 5.74) is 0.949. The summed E-state index contributed by atoms with van der Waals surface area (Å²) < 4.78 is 5.66. The lowest BCUT2D eigenvalue weighted by molar-refractivity contribution is -0.0313. The first-order chi connectivity index (χ1) is 7.39. The van der Waals surface area contributed by atoms with E-state index in [1.165, 1.54) is 12.8 Å². The Kier molecular flexibility index (Phi) is 2.18. The first-order valence-electron chi connectivity index (χ1n) is 5.53. The lowest BCUT2D eigenvalue weighted by atomic mass is 9.82. The van der Waals surface area contributed by atoms with Crippen LogP contribution in [0, 0.1) is 0 Å². The fraction of sp³-hybridized carbons (Fsp3) is 0.636. The molecule has 2 atom stereocenters. The molecule has 2 aliphatic rings. The minimum absolute atomic E-state index is 0.0740. The number of aromatic nitrogens is 2. The van der Waals surface area contributed by atoms with Crippen molar-refractivity contribution in [2.24, 2.45) is 0 Å². The number of nitrogens with zero attached hydrogens (tertiary/aromatic N) is 2. The number of morpholine rings is 1. The molecule has 1 aromatic heterocycles. The van der Waals surface area contributed by atoms with Crippen LogP contribution < -0.4 is 5.32 Å². The molecule has 1 aromatic rings. The van der Waals surface area contributed by atoms with E-state index in [1.54, 1.807) is 6.20 Å². The second-order valence-corrected chi connectivity index (χ2v) is 4.44. The highest BCUT2D eigenvalue weighted by Crippen LogP contribution is 2.34. The number of hydrogen-bond donors (Lipinski definition) is 1. The molecule has 2 bridgehead atoms. The molecule has 0 radical (unpaired) electrons. The predicted molar refractivity (Wildman–Crippen MR) is 55.3 cm³/mol. The maximum atomic E-state index is 5.66. The quantitative estimate of drug-likeness (QED) is 0.738.